The normalized spacial score (nSPS) is 9.80. The maximum absolute atomic E-state index is 5.59. The van der Waals surface area contributed by atoms with Crippen LogP contribution in [0.25, 0.3) is 0 Å². The van der Waals surface area contributed by atoms with Gasteiger partial charge in [0, 0.05) is 16.3 Å². The van der Waals surface area contributed by atoms with E-state index < -0.39 is 0 Å². The molecule has 54 valence electrons. The second-order valence-electron chi connectivity index (χ2n) is 2.25. The molecule has 0 aliphatic carbocycles. The number of anilines is 2. The van der Waals surface area contributed by atoms with Gasteiger partial charge in [0.2, 0.25) is 0 Å². The Kier molecular flexibility index (Phi) is 1.76. The molecule has 1 rings (SSSR count). The van der Waals surface area contributed by atoms with Crippen molar-refractivity contribution >= 4 is 24.0 Å². The van der Waals surface area contributed by atoms with Gasteiger partial charge in [0.25, 0.3) is 0 Å². The average molecular weight is 154 g/mol. The number of nitrogens with two attached hydrogens (primary N) is 2. The van der Waals surface area contributed by atoms with Gasteiger partial charge in [-0.05, 0) is 24.6 Å². The smallest absolute Gasteiger partial charge is 0.0375 e. The highest BCUT2D eigenvalue weighted by Gasteiger charge is 1.98. The molecule has 0 amide bonds. The summed E-state index contributed by atoms with van der Waals surface area (Å²) in [7, 11) is 0. The first-order valence-corrected chi connectivity index (χ1v) is 3.40. The van der Waals surface area contributed by atoms with Crippen LogP contribution in [0.5, 0.6) is 0 Å². The molecule has 0 aromatic heterocycles. The number of nitrogen functional groups attached to an aromatic ring is 2. The Bertz CT molecular complexity index is 235. The second kappa shape index (κ2) is 2.42. The van der Waals surface area contributed by atoms with E-state index in [-0.39, 0.29) is 0 Å². The van der Waals surface area contributed by atoms with Crippen molar-refractivity contribution in [3.63, 3.8) is 0 Å². The molecule has 0 unspecified atom stereocenters. The summed E-state index contributed by atoms with van der Waals surface area (Å²) in [4.78, 5) is 0.845. The van der Waals surface area contributed by atoms with Crippen molar-refractivity contribution in [2.75, 3.05) is 11.5 Å². The molecule has 0 radical (unpaired) electrons. The number of benzene rings is 1. The predicted molar refractivity (Wildman–Crippen MR) is 47.3 cm³/mol. The van der Waals surface area contributed by atoms with Crippen molar-refractivity contribution in [3.8, 4) is 0 Å². The molecule has 2 nitrogen and oxygen atoms in total. The summed E-state index contributed by atoms with van der Waals surface area (Å²) in [6.45, 7) is 1.91. The van der Waals surface area contributed by atoms with E-state index in [4.69, 9.17) is 11.5 Å². The second-order valence-corrected chi connectivity index (χ2v) is 2.74. The van der Waals surface area contributed by atoms with Gasteiger partial charge in [-0.2, -0.15) is 0 Å². The third-order valence-corrected chi connectivity index (χ3v) is 1.91. The lowest BCUT2D eigenvalue weighted by molar-refractivity contribution is 1.32. The molecule has 0 heterocycles. The lowest BCUT2D eigenvalue weighted by Gasteiger charge is -2.03. The summed E-state index contributed by atoms with van der Waals surface area (Å²) in [5.41, 5.74) is 13.4. The molecular formula is C7H10N2S. The zero-order valence-corrected chi connectivity index (χ0v) is 6.65. The Morgan fingerprint density at radius 3 is 2.40 bits per heavy atom. The van der Waals surface area contributed by atoms with Crippen LogP contribution >= 0.6 is 12.6 Å². The SMILES string of the molecule is Cc1c(N)cc(N)cc1S. The molecule has 1 aromatic carbocycles. The van der Waals surface area contributed by atoms with Crippen LogP contribution in [-0.4, -0.2) is 0 Å². The molecule has 1 aromatic rings. The molecule has 0 saturated carbocycles. The van der Waals surface area contributed by atoms with E-state index in [1.807, 2.05) is 6.92 Å². The van der Waals surface area contributed by atoms with Crippen LogP contribution in [0, 0.1) is 6.92 Å². The minimum atomic E-state index is 0.660. The van der Waals surface area contributed by atoms with Gasteiger partial charge >= 0.3 is 0 Å². The number of hydrogen-bond acceptors (Lipinski definition) is 3. The highest BCUT2D eigenvalue weighted by Crippen LogP contribution is 2.22. The van der Waals surface area contributed by atoms with Gasteiger partial charge in [-0.1, -0.05) is 0 Å². The van der Waals surface area contributed by atoms with E-state index in [0.717, 1.165) is 10.5 Å². The zero-order chi connectivity index (χ0) is 7.72. The Hall–Kier alpha value is -0.830. The van der Waals surface area contributed by atoms with Crippen molar-refractivity contribution in [2.45, 2.75) is 11.8 Å². The van der Waals surface area contributed by atoms with Gasteiger partial charge in [-0.15, -0.1) is 12.6 Å². The largest absolute Gasteiger partial charge is 0.399 e. The van der Waals surface area contributed by atoms with Crippen LogP contribution in [-0.2, 0) is 0 Å². The maximum atomic E-state index is 5.59. The Balaban J connectivity index is 3.31. The fraction of sp³-hybridized carbons (Fsp3) is 0.143. The van der Waals surface area contributed by atoms with E-state index in [0.29, 0.717) is 11.4 Å². The minimum absolute atomic E-state index is 0.660. The van der Waals surface area contributed by atoms with E-state index in [2.05, 4.69) is 12.6 Å². The van der Waals surface area contributed by atoms with Crippen molar-refractivity contribution in [3.05, 3.63) is 17.7 Å². The fourth-order valence-electron chi connectivity index (χ4n) is 0.743. The Morgan fingerprint density at radius 2 is 1.90 bits per heavy atom. The first kappa shape index (κ1) is 7.28. The fourth-order valence-corrected chi connectivity index (χ4v) is 1.02. The topological polar surface area (TPSA) is 52.0 Å². The molecule has 0 spiro atoms. The van der Waals surface area contributed by atoms with Crippen molar-refractivity contribution in [2.24, 2.45) is 0 Å². The monoisotopic (exact) mass is 154 g/mol. The zero-order valence-electron chi connectivity index (χ0n) is 5.76. The van der Waals surface area contributed by atoms with Gasteiger partial charge in [-0.3, -0.25) is 0 Å². The highest BCUT2D eigenvalue weighted by molar-refractivity contribution is 7.80. The Labute approximate surface area is 65.6 Å². The van der Waals surface area contributed by atoms with Gasteiger partial charge in [0.1, 0.15) is 0 Å². The molecule has 0 fully saturated rings. The summed E-state index contributed by atoms with van der Waals surface area (Å²) in [5, 5.41) is 0. The predicted octanol–water partition coefficient (Wildman–Crippen LogP) is 1.45. The molecular weight excluding hydrogens is 144 g/mol. The summed E-state index contributed by atoms with van der Waals surface area (Å²) in [6.07, 6.45) is 0. The minimum Gasteiger partial charge on any atom is -0.399 e. The van der Waals surface area contributed by atoms with Gasteiger partial charge in [0.15, 0.2) is 0 Å². The van der Waals surface area contributed by atoms with Crippen LogP contribution in [0.4, 0.5) is 11.4 Å². The van der Waals surface area contributed by atoms with Gasteiger partial charge in [-0.25, -0.2) is 0 Å². The molecule has 4 N–H and O–H groups in total. The first-order valence-electron chi connectivity index (χ1n) is 2.96. The third kappa shape index (κ3) is 1.19. The van der Waals surface area contributed by atoms with Gasteiger partial charge < -0.3 is 11.5 Å². The number of thiol groups is 1. The molecule has 3 heteroatoms. The maximum Gasteiger partial charge on any atom is 0.0375 e. The van der Waals surface area contributed by atoms with E-state index in [1.165, 1.54) is 0 Å². The van der Waals surface area contributed by atoms with Crippen molar-refractivity contribution < 1.29 is 0 Å². The summed E-state index contributed by atoms with van der Waals surface area (Å²) in [6, 6.07) is 3.52. The standard InChI is InChI=1S/C7H10N2S/c1-4-6(9)2-5(8)3-7(4)10/h2-3,10H,8-9H2,1H3. The molecule has 0 bridgehead atoms. The summed E-state index contributed by atoms with van der Waals surface area (Å²) in [5.74, 6) is 0. The van der Waals surface area contributed by atoms with Crippen LogP contribution in [0.2, 0.25) is 0 Å². The molecule has 10 heavy (non-hydrogen) atoms. The third-order valence-electron chi connectivity index (χ3n) is 1.44. The number of hydrogen-bond donors (Lipinski definition) is 3. The van der Waals surface area contributed by atoms with Crippen LogP contribution < -0.4 is 11.5 Å². The lowest BCUT2D eigenvalue weighted by Crippen LogP contribution is -1.93. The molecule has 0 aliphatic heterocycles. The summed E-state index contributed by atoms with van der Waals surface area (Å²) < 4.78 is 0. The van der Waals surface area contributed by atoms with Crippen LogP contribution in [0.1, 0.15) is 5.56 Å². The van der Waals surface area contributed by atoms with E-state index >= 15 is 0 Å². The van der Waals surface area contributed by atoms with Crippen LogP contribution in [0.15, 0.2) is 17.0 Å². The van der Waals surface area contributed by atoms with E-state index in [9.17, 15) is 0 Å². The quantitative estimate of drug-likeness (QED) is 0.391. The van der Waals surface area contributed by atoms with Gasteiger partial charge in [0.05, 0.1) is 0 Å². The highest BCUT2D eigenvalue weighted by atomic mass is 32.1. The number of rotatable bonds is 0. The average Bonchev–Trinajstić information content (AvgIpc) is 1.82. The van der Waals surface area contributed by atoms with E-state index in [1.54, 1.807) is 12.1 Å². The van der Waals surface area contributed by atoms with Crippen LogP contribution in [0.3, 0.4) is 0 Å². The summed E-state index contributed by atoms with van der Waals surface area (Å²) >= 11 is 4.18. The van der Waals surface area contributed by atoms with Crippen molar-refractivity contribution in [1.29, 1.82) is 0 Å². The molecule has 0 atom stereocenters. The molecule has 0 saturated heterocycles. The molecule has 0 aliphatic rings. The first-order chi connectivity index (χ1) is 4.61. The lowest BCUT2D eigenvalue weighted by atomic mass is 10.2. The van der Waals surface area contributed by atoms with Crippen molar-refractivity contribution in [1.82, 2.24) is 0 Å². The Morgan fingerprint density at radius 1 is 1.30 bits per heavy atom.